The Morgan fingerprint density at radius 1 is 1.36 bits per heavy atom. The van der Waals surface area contributed by atoms with Crippen LogP contribution in [0.1, 0.15) is 36.0 Å². The Kier molecular flexibility index (Phi) is 4.09. The summed E-state index contributed by atoms with van der Waals surface area (Å²) in [5.74, 6) is 2.08. The van der Waals surface area contributed by atoms with Gasteiger partial charge >= 0.3 is 0 Å². The van der Waals surface area contributed by atoms with Gasteiger partial charge in [-0.25, -0.2) is 4.98 Å². The number of nitrogens with zero attached hydrogens (tertiary/aromatic N) is 3. The van der Waals surface area contributed by atoms with E-state index in [1.54, 1.807) is 18.3 Å². The molecule has 0 saturated carbocycles. The van der Waals surface area contributed by atoms with E-state index in [2.05, 4.69) is 22.4 Å². The Labute approximate surface area is 129 Å². The second kappa shape index (κ2) is 6.17. The molecule has 0 spiro atoms. The van der Waals surface area contributed by atoms with Crippen molar-refractivity contribution in [3.8, 4) is 0 Å². The van der Waals surface area contributed by atoms with Gasteiger partial charge in [0.1, 0.15) is 11.5 Å². The summed E-state index contributed by atoms with van der Waals surface area (Å²) < 4.78 is 4.99. The molecule has 0 atom stereocenters. The maximum atomic E-state index is 12.4. The van der Waals surface area contributed by atoms with E-state index < -0.39 is 0 Å². The molecule has 3 rings (SSSR count). The van der Waals surface area contributed by atoms with E-state index in [0.29, 0.717) is 17.4 Å². The fourth-order valence-electron chi connectivity index (χ4n) is 2.54. The Hall–Kier alpha value is -2.37. The van der Waals surface area contributed by atoms with Gasteiger partial charge in [0.15, 0.2) is 5.82 Å². The van der Waals surface area contributed by atoms with Crippen LogP contribution in [-0.2, 0) is 0 Å². The molecule has 2 aromatic heterocycles. The van der Waals surface area contributed by atoms with Gasteiger partial charge in [-0.15, -0.1) is 0 Å². The van der Waals surface area contributed by atoms with E-state index in [0.717, 1.165) is 37.4 Å². The van der Waals surface area contributed by atoms with E-state index in [1.165, 1.54) is 0 Å². The molecule has 116 valence electrons. The van der Waals surface area contributed by atoms with Gasteiger partial charge < -0.3 is 14.7 Å². The van der Waals surface area contributed by atoms with Crippen LogP contribution in [0.4, 0.5) is 11.5 Å². The summed E-state index contributed by atoms with van der Waals surface area (Å²) in [6, 6.07) is 5.38. The molecule has 6 heteroatoms. The van der Waals surface area contributed by atoms with E-state index in [-0.39, 0.29) is 5.91 Å². The molecule has 2 aromatic rings. The molecule has 22 heavy (non-hydrogen) atoms. The van der Waals surface area contributed by atoms with Gasteiger partial charge in [-0.05, 0) is 37.8 Å². The lowest BCUT2D eigenvalue weighted by Crippen LogP contribution is -2.38. The first-order valence-corrected chi connectivity index (χ1v) is 7.57. The Morgan fingerprint density at radius 2 is 2.14 bits per heavy atom. The number of hydrogen-bond donors (Lipinski definition) is 1. The average Bonchev–Trinajstić information content (AvgIpc) is 2.93. The van der Waals surface area contributed by atoms with Gasteiger partial charge in [-0.3, -0.25) is 4.79 Å². The number of amides is 1. The lowest BCUT2D eigenvalue weighted by atomic mass is 9.99. The highest BCUT2D eigenvalue weighted by molar-refractivity contribution is 5.92. The molecule has 6 nitrogen and oxygen atoms in total. The van der Waals surface area contributed by atoms with Crippen molar-refractivity contribution in [2.45, 2.75) is 26.7 Å². The minimum absolute atomic E-state index is 0.00994. The van der Waals surface area contributed by atoms with Gasteiger partial charge in [-0.1, -0.05) is 12.1 Å². The van der Waals surface area contributed by atoms with Crippen LogP contribution in [0.25, 0.3) is 0 Å². The number of aryl methyl sites for hydroxylation is 1. The summed E-state index contributed by atoms with van der Waals surface area (Å²) in [4.78, 5) is 18.5. The molecule has 1 aliphatic rings. The highest BCUT2D eigenvalue weighted by Crippen LogP contribution is 2.19. The van der Waals surface area contributed by atoms with Crippen molar-refractivity contribution in [3.05, 3.63) is 35.9 Å². The quantitative estimate of drug-likeness (QED) is 0.943. The maximum absolute atomic E-state index is 12.4. The lowest BCUT2D eigenvalue weighted by Gasteiger charge is -2.30. The van der Waals surface area contributed by atoms with Crippen LogP contribution in [0, 0.1) is 12.8 Å². The number of carbonyl (C=O) groups is 1. The fraction of sp³-hybridized carbons (Fsp3) is 0.438. The van der Waals surface area contributed by atoms with Gasteiger partial charge in [0, 0.05) is 19.2 Å². The van der Waals surface area contributed by atoms with Gasteiger partial charge in [0.25, 0.3) is 5.91 Å². The molecule has 0 aromatic carbocycles. The predicted octanol–water partition coefficient (Wildman–Crippen LogP) is 2.99. The summed E-state index contributed by atoms with van der Waals surface area (Å²) in [5, 5.41) is 6.94. The van der Waals surface area contributed by atoms with E-state index in [1.807, 2.05) is 17.9 Å². The zero-order chi connectivity index (χ0) is 15.5. The molecule has 0 radical (unpaired) electrons. The predicted molar refractivity (Wildman–Crippen MR) is 83.1 cm³/mol. The lowest BCUT2D eigenvalue weighted by molar-refractivity contribution is 0.0691. The number of likely N-dealkylation sites (tertiary alicyclic amines) is 1. The first kappa shape index (κ1) is 14.6. The zero-order valence-electron chi connectivity index (χ0n) is 12.9. The normalized spacial score (nSPS) is 15.8. The number of piperidine rings is 1. The monoisotopic (exact) mass is 300 g/mol. The summed E-state index contributed by atoms with van der Waals surface area (Å²) in [5.41, 5.74) is 1.26. The molecular formula is C16H20N4O2. The summed E-state index contributed by atoms with van der Waals surface area (Å²) in [6.45, 7) is 5.70. The molecule has 0 aliphatic carbocycles. The van der Waals surface area contributed by atoms with Crippen molar-refractivity contribution in [2.24, 2.45) is 5.92 Å². The van der Waals surface area contributed by atoms with Gasteiger partial charge in [-0.2, -0.15) is 0 Å². The molecule has 1 amide bonds. The standard InChI is InChI=1S/C16H20N4O2/c1-11-5-7-20(8-6-11)16(21)14-4-3-13(10-17-14)18-15-9-12(2)22-19-15/h3-4,9-11H,5-8H2,1-2H3,(H,18,19). The molecular weight excluding hydrogens is 280 g/mol. The van der Waals surface area contributed by atoms with Crippen LogP contribution in [0.2, 0.25) is 0 Å². The third-order valence-corrected chi connectivity index (χ3v) is 3.95. The van der Waals surface area contributed by atoms with Crippen molar-refractivity contribution in [2.75, 3.05) is 18.4 Å². The molecule has 1 fully saturated rings. The Morgan fingerprint density at radius 3 is 2.73 bits per heavy atom. The van der Waals surface area contributed by atoms with Crippen LogP contribution in [-0.4, -0.2) is 34.0 Å². The SMILES string of the molecule is Cc1cc(Nc2ccc(C(=O)N3CCC(C)CC3)nc2)no1. The van der Waals surface area contributed by atoms with Crippen molar-refractivity contribution < 1.29 is 9.32 Å². The Bertz CT molecular complexity index is 642. The highest BCUT2D eigenvalue weighted by Gasteiger charge is 2.22. The van der Waals surface area contributed by atoms with Crippen molar-refractivity contribution in [1.29, 1.82) is 0 Å². The fourth-order valence-corrected chi connectivity index (χ4v) is 2.54. The highest BCUT2D eigenvalue weighted by atomic mass is 16.5. The van der Waals surface area contributed by atoms with Crippen molar-refractivity contribution >= 4 is 17.4 Å². The zero-order valence-corrected chi connectivity index (χ0v) is 12.9. The molecule has 0 unspecified atom stereocenters. The number of nitrogens with one attached hydrogen (secondary N) is 1. The number of carbonyl (C=O) groups excluding carboxylic acids is 1. The number of anilines is 2. The second-order valence-electron chi connectivity index (χ2n) is 5.85. The molecule has 1 N–H and O–H groups in total. The molecule has 1 aliphatic heterocycles. The van der Waals surface area contributed by atoms with E-state index in [9.17, 15) is 4.79 Å². The molecule has 0 bridgehead atoms. The minimum atomic E-state index is 0.00994. The first-order valence-electron chi connectivity index (χ1n) is 7.57. The van der Waals surface area contributed by atoms with Gasteiger partial charge in [0.05, 0.1) is 11.9 Å². The van der Waals surface area contributed by atoms with Crippen LogP contribution in [0.3, 0.4) is 0 Å². The summed E-state index contributed by atoms with van der Waals surface area (Å²) in [7, 11) is 0. The number of rotatable bonds is 3. The third kappa shape index (κ3) is 3.27. The van der Waals surface area contributed by atoms with Gasteiger partial charge in [0.2, 0.25) is 0 Å². The number of hydrogen-bond acceptors (Lipinski definition) is 5. The summed E-state index contributed by atoms with van der Waals surface area (Å²) in [6.07, 6.45) is 3.78. The number of pyridine rings is 1. The maximum Gasteiger partial charge on any atom is 0.272 e. The minimum Gasteiger partial charge on any atom is -0.360 e. The van der Waals surface area contributed by atoms with Crippen molar-refractivity contribution in [3.63, 3.8) is 0 Å². The first-order chi connectivity index (χ1) is 10.6. The van der Waals surface area contributed by atoms with E-state index in [4.69, 9.17) is 4.52 Å². The third-order valence-electron chi connectivity index (χ3n) is 3.95. The number of aromatic nitrogens is 2. The van der Waals surface area contributed by atoms with Crippen LogP contribution in [0.5, 0.6) is 0 Å². The van der Waals surface area contributed by atoms with Crippen LogP contribution < -0.4 is 5.32 Å². The van der Waals surface area contributed by atoms with Crippen LogP contribution >= 0.6 is 0 Å². The Balaban J connectivity index is 1.64. The smallest absolute Gasteiger partial charge is 0.272 e. The second-order valence-corrected chi connectivity index (χ2v) is 5.85. The molecule has 1 saturated heterocycles. The van der Waals surface area contributed by atoms with Crippen molar-refractivity contribution in [1.82, 2.24) is 15.0 Å². The van der Waals surface area contributed by atoms with Crippen LogP contribution in [0.15, 0.2) is 28.9 Å². The topological polar surface area (TPSA) is 71.3 Å². The summed E-state index contributed by atoms with van der Waals surface area (Å²) >= 11 is 0. The average molecular weight is 300 g/mol. The van der Waals surface area contributed by atoms with E-state index >= 15 is 0 Å². The largest absolute Gasteiger partial charge is 0.360 e. The molecule has 3 heterocycles.